The number of carbonyl (C=O) groups is 1. The van der Waals surface area contributed by atoms with Crippen LogP contribution in [0.2, 0.25) is 0 Å². The zero-order chi connectivity index (χ0) is 15.5. The van der Waals surface area contributed by atoms with E-state index in [2.05, 4.69) is 18.7 Å². The maximum atomic E-state index is 11.7. The van der Waals surface area contributed by atoms with Gasteiger partial charge in [0.05, 0.1) is 0 Å². The summed E-state index contributed by atoms with van der Waals surface area (Å²) in [5.41, 5.74) is 0. The predicted octanol–water partition coefficient (Wildman–Crippen LogP) is 2.61. The minimum absolute atomic E-state index is 0.488. The number of ether oxygens (including phenoxy) is 2. The van der Waals surface area contributed by atoms with Gasteiger partial charge in [0.1, 0.15) is 5.92 Å². The second-order valence-corrected chi connectivity index (χ2v) is 5.37. The van der Waals surface area contributed by atoms with Crippen molar-refractivity contribution in [2.75, 3.05) is 19.6 Å². The monoisotopic (exact) mass is 293 g/mol. The molecule has 5 heteroatoms. The molecule has 0 saturated carbocycles. The molecule has 0 amide bonds. The second-order valence-electron chi connectivity index (χ2n) is 5.37. The molecule has 0 radical (unpaired) electrons. The molecule has 0 fully saturated rings. The Morgan fingerprint density at radius 2 is 1.76 bits per heavy atom. The SMILES string of the molecule is CCN(CC)CCC(C(=O)O)C1(C)Oc2ccccc2O1. The third-order valence-corrected chi connectivity index (χ3v) is 4.03. The fourth-order valence-electron chi connectivity index (χ4n) is 2.68. The molecule has 1 aromatic rings. The lowest BCUT2D eigenvalue weighted by atomic mass is 9.96. The van der Waals surface area contributed by atoms with Crippen LogP contribution in [0, 0.1) is 5.92 Å². The molecule has 1 aliphatic heterocycles. The molecule has 0 aromatic heterocycles. The normalized spacial score (nSPS) is 17.0. The summed E-state index contributed by atoms with van der Waals surface area (Å²) in [7, 11) is 0. The summed E-state index contributed by atoms with van der Waals surface area (Å²) >= 11 is 0. The van der Waals surface area contributed by atoms with Crippen LogP contribution >= 0.6 is 0 Å². The minimum atomic E-state index is -1.15. The van der Waals surface area contributed by atoms with Gasteiger partial charge in [0.15, 0.2) is 11.5 Å². The summed E-state index contributed by atoms with van der Waals surface area (Å²) in [4.78, 5) is 13.8. The lowest BCUT2D eigenvalue weighted by Crippen LogP contribution is -2.48. The van der Waals surface area contributed by atoms with Crippen LogP contribution in [0.5, 0.6) is 11.5 Å². The van der Waals surface area contributed by atoms with Crippen LogP contribution in [-0.2, 0) is 4.79 Å². The fourth-order valence-corrected chi connectivity index (χ4v) is 2.68. The summed E-state index contributed by atoms with van der Waals surface area (Å²) in [5, 5.41) is 9.56. The zero-order valence-corrected chi connectivity index (χ0v) is 12.8. The van der Waals surface area contributed by atoms with Crippen molar-refractivity contribution in [1.29, 1.82) is 0 Å². The molecule has 1 heterocycles. The number of carboxylic acids is 1. The average Bonchev–Trinajstić information content (AvgIpc) is 2.79. The Labute approximate surface area is 125 Å². The molecular formula is C16H23NO4. The smallest absolute Gasteiger partial charge is 0.314 e. The molecule has 2 rings (SSSR count). The quantitative estimate of drug-likeness (QED) is 0.837. The van der Waals surface area contributed by atoms with Crippen molar-refractivity contribution >= 4 is 5.97 Å². The van der Waals surface area contributed by atoms with Crippen LogP contribution in [0.15, 0.2) is 24.3 Å². The van der Waals surface area contributed by atoms with E-state index in [9.17, 15) is 9.90 Å². The first-order valence-electron chi connectivity index (χ1n) is 7.42. The van der Waals surface area contributed by atoms with Gasteiger partial charge in [-0.1, -0.05) is 26.0 Å². The number of nitrogens with zero attached hydrogens (tertiary/aromatic N) is 1. The minimum Gasteiger partial charge on any atom is -0.481 e. The average molecular weight is 293 g/mol. The topological polar surface area (TPSA) is 59.0 Å². The van der Waals surface area contributed by atoms with E-state index in [1.54, 1.807) is 19.1 Å². The highest BCUT2D eigenvalue weighted by Gasteiger charge is 2.48. The number of fused-ring (bicyclic) bond motifs is 1. The van der Waals surface area contributed by atoms with Gasteiger partial charge in [-0.2, -0.15) is 0 Å². The molecule has 1 aliphatic rings. The molecule has 116 valence electrons. The van der Waals surface area contributed by atoms with Gasteiger partial charge in [-0.05, 0) is 38.2 Å². The Balaban J connectivity index is 2.11. The van der Waals surface area contributed by atoms with Crippen LogP contribution in [0.1, 0.15) is 27.2 Å². The van der Waals surface area contributed by atoms with E-state index < -0.39 is 17.7 Å². The number of benzene rings is 1. The lowest BCUT2D eigenvalue weighted by molar-refractivity contribution is -0.167. The first-order valence-corrected chi connectivity index (χ1v) is 7.42. The maximum Gasteiger partial charge on any atom is 0.314 e. The molecule has 1 N–H and O–H groups in total. The molecular weight excluding hydrogens is 270 g/mol. The van der Waals surface area contributed by atoms with Crippen molar-refractivity contribution in [3.8, 4) is 11.5 Å². The van der Waals surface area contributed by atoms with E-state index in [1.807, 2.05) is 12.1 Å². The molecule has 1 unspecified atom stereocenters. The van der Waals surface area contributed by atoms with Crippen LogP contribution in [-0.4, -0.2) is 41.4 Å². The Morgan fingerprint density at radius 1 is 1.24 bits per heavy atom. The molecule has 5 nitrogen and oxygen atoms in total. The Hall–Kier alpha value is -1.75. The number of hydrogen-bond donors (Lipinski definition) is 1. The number of hydrogen-bond acceptors (Lipinski definition) is 4. The number of para-hydroxylation sites is 2. The lowest BCUT2D eigenvalue weighted by Gasteiger charge is -2.31. The van der Waals surface area contributed by atoms with E-state index in [0.717, 1.165) is 13.1 Å². The van der Waals surface area contributed by atoms with Crippen molar-refractivity contribution in [1.82, 2.24) is 4.90 Å². The van der Waals surface area contributed by atoms with Crippen LogP contribution < -0.4 is 9.47 Å². The van der Waals surface area contributed by atoms with Gasteiger partial charge in [-0.15, -0.1) is 0 Å². The van der Waals surface area contributed by atoms with Gasteiger partial charge in [-0.3, -0.25) is 4.79 Å². The third kappa shape index (κ3) is 3.29. The molecule has 1 aromatic carbocycles. The Kier molecular flexibility index (Phi) is 4.73. The highest BCUT2D eigenvalue weighted by atomic mass is 16.7. The van der Waals surface area contributed by atoms with Crippen molar-refractivity contribution in [2.24, 2.45) is 5.92 Å². The molecule has 1 atom stereocenters. The van der Waals surface area contributed by atoms with Crippen molar-refractivity contribution in [3.63, 3.8) is 0 Å². The summed E-state index contributed by atoms with van der Waals surface area (Å²) in [6, 6.07) is 7.28. The van der Waals surface area contributed by atoms with E-state index >= 15 is 0 Å². The Bertz CT molecular complexity index is 474. The van der Waals surface area contributed by atoms with E-state index in [-0.39, 0.29) is 0 Å². The van der Waals surface area contributed by atoms with Crippen LogP contribution in [0.3, 0.4) is 0 Å². The van der Waals surface area contributed by atoms with Crippen molar-refractivity contribution in [3.05, 3.63) is 24.3 Å². The molecule has 0 aliphatic carbocycles. The molecule has 21 heavy (non-hydrogen) atoms. The van der Waals surface area contributed by atoms with Gasteiger partial charge in [-0.25, -0.2) is 0 Å². The summed E-state index contributed by atoms with van der Waals surface area (Å²) in [6.45, 7) is 8.36. The number of rotatable bonds is 7. The van der Waals surface area contributed by atoms with Crippen molar-refractivity contribution in [2.45, 2.75) is 33.0 Å². The van der Waals surface area contributed by atoms with Gasteiger partial charge >= 0.3 is 5.97 Å². The second kappa shape index (κ2) is 6.35. The standard InChI is InChI=1S/C16H23NO4/c1-4-17(5-2)11-10-12(15(18)19)16(3)20-13-8-6-7-9-14(13)21-16/h6-9,12H,4-5,10-11H2,1-3H3,(H,18,19). The summed E-state index contributed by atoms with van der Waals surface area (Å²) < 4.78 is 11.6. The highest BCUT2D eigenvalue weighted by molar-refractivity contribution is 5.71. The summed E-state index contributed by atoms with van der Waals surface area (Å²) in [5.74, 6) is -1.55. The Morgan fingerprint density at radius 3 is 2.19 bits per heavy atom. The van der Waals surface area contributed by atoms with Gasteiger partial charge in [0.25, 0.3) is 5.79 Å². The van der Waals surface area contributed by atoms with Crippen LogP contribution in [0.4, 0.5) is 0 Å². The van der Waals surface area contributed by atoms with Gasteiger partial charge < -0.3 is 19.5 Å². The highest BCUT2D eigenvalue weighted by Crippen LogP contribution is 2.42. The molecule has 0 spiro atoms. The van der Waals surface area contributed by atoms with E-state index in [4.69, 9.17) is 9.47 Å². The molecule has 0 bridgehead atoms. The fraction of sp³-hybridized carbons (Fsp3) is 0.562. The van der Waals surface area contributed by atoms with Gasteiger partial charge in [0, 0.05) is 6.92 Å². The first-order chi connectivity index (χ1) is 10.00. The number of aliphatic carboxylic acids is 1. The van der Waals surface area contributed by atoms with Gasteiger partial charge in [0.2, 0.25) is 0 Å². The van der Waals surface area contributed by atoms with E-state index in [0.29, 0.717) is 24.5 Å². The summed E-state index contributed by atoms with van der Waals surface area (Å²) in [6.07, 6.45) is 0.488. The first kappa shape index (κ1) is 15.6. The maximum absolute atomic E-state index is 11.7. The molecule has 0 saturated heterocycles. The third-order valence-electron chi connectivity index (χ3n) is 4.03. The zero-order valence-electron chi connectivity index (χ0n) is 12.8. The predicted molar refractivity (Wildman–Crippen MR) is 79.6 cm³/mol. The van der Waals surface area contributed by atoms with Crippen LogP contribution in [0.25, 0.3) is 0 Å². The van der Waals surface area contributed by atoms with Crippen molar-refractivity contribution < 1.29 is 19.4 Å². The largest absolute Gasteiger partial charge is 0.481 e. The van der Waals surface area contributed by atoms with E-state index in [1.165, 1.54) is 0 Å². The number of carboxylic acid groups (broad SMARTS) is 1.